The van der Waals surface area contributed by atoms with Gasteiger partial charge in [0.2, 0.25) is 5.91 Å². The summed E-state index contributed by atoms with van der Waals surface area (Å²) in [7, 11) is 0. The summed E-state index contributed by atoms with van der Waals surface area (Å²) in [5.74, 6) is 1.38. The molecule has 0 saturated heterocycles. The summed E-state index contributed by atoms with van der Waals surface area (Å²) < 4.78 is 10.7. The molecule has 1 aromatic heterocycles. The first kappa shape index (κ1) is 20.4. The number of aryl methyl sites for hydroxylation is 1. The highest BCUT2D eigenvalue weighted by Crippen LogP contribution is 2.30. The van der Waals surface area contributed by atoms with E-state index in [2.05, 4.69) is 4.98 Å². The highest BCUT2D eigenvalue weighted by Gasteiger charge is 2.27. The molecule has 0 unspecified atom stereocenters. The molecule has 1 aliphatic rings. The summed E-state index contributed by atoms with van der Waals surface area (Å²) in [6.45, 7) is 3.23. The lowest BCUT2D eigenvalue weighted by molar-refractivity contribution is -0.144. The molecular weight excluding hydrogens is 380 g/mol. The number of rotatable bonds is 10. The largest absolute Gasteiger partial charge is 0.466 e. The quantitative estimate of drug-likeness (QED) is 0.557. The number of hydrogen-bond acceptors (Lipinski definition) is 5. The summed E-state index contributed by atoms with van der Waals surface area (Å²) in [6.07, 6.45) is 4.84. The number of oxazole rings is 1. The molecular formula is C21H25ClN2O4. The molecule has 2 aromatic rings. The fourth-order valence-corrected chi connectivity index (χ4v) is 3.20. The fourth-order valence-electron chi connectivity index (χ4n) is 2.97. The van der Waals surface area contributed by atoms with E-state index >= 15 is 0 Å². The van der Waals surface area contributed by atoms with Crippen LogP contribution in [0.2, 0.25) is 5.02 Å². The molecule has 0 bridgehead atoms. The number of aromatic nitrogens is 1. The predicted octanol–water partition coefficient (Wildman–Crippen LogP) is 4.12. The number of nitrogens with zero attached hydrogens (tertiary/aromatic N) is 2. The molecule has 0 N–H and O–H groups in total. The van der Waals surface area contributed by atoms with Crippen LogP contribution in [0.25, 0.3) is 11.3 Å². The van der Waals surface area contributed by atoms with Crippen molar-refractivity contribution in [2.24, 2.45) is 5.92 Å². The molecule has 28 heavy (non-hydrogen) atoms. The summed E-state index contributed by atoms with van der Waals surface area (Å²) >= 11 is 6.19. The Morgan fingerprint density at radius 2 is 2.07 bits per heavy atom. The van der Waals surface area contributed by atoms with Gasteiger partial charge >= 0.3 is 5.97 Å². The number of esters is 1. The first-order chi connectivity index (χ1) is 13.6. The first-order valence-electron chi connectivity index (χ1n) is 9.69. The van der Waals surface area contributed by atoms with Crippen molar-refractivity contribution in [1.29, 1.82) is 0 Å². The van der Waals surface area contributed by atoms with Crippen LogP contribution in [0.5, 0.6) is 0 Å². The Bertz CT molecular complexity index is 816. The van der Waals surface area contributed by atoms with Crippen molar-refractivity contribution in [3.8, 4) is 11.3 Å². The van der Waals surface area contributed by atoms with E-state index in [9.17, 15) is 9.59 Å². The third kappa shape index (κ3) is 5.83. The molecule has 0 atom stereocenters. The van der Waals surface area contributed by atoms with Gasteiger partial charge < -0.3 is 14.1 Å². The summed E-state index contributed by atoms with van der Waals surface area (Å²) in [5.41, 5.74) is 0.777. The van der Waals surface area contributed by atoms with Gasteiger partial charge in [0.05, 0.1) is 24.2 Å². The van der Waals surface area contributed by atoms with Crippen molar-refractivity contribution in [3.05, 3.63) is 41.4 Å². The van der Waals surface area contributed by atoms with Crippen molar-refractivity contribution < 1.29 is 18.7 Å². The van der Waals surface area contributed by atoms with Gasteiger partial charge in [-0.2, -0.15) is 0 Å². The predicted molar refractivity (Wildman–Crippen MR) is 106 cm³/mol. The lowest BCUT2D eigenvalue weighted by atomic mass is 10.2. The van der Waals surface area contributed by atoms with Gasteiger partial charge in [-0.1, -0.05) is 23.7 Å². The second-order valence-corrected chi connectivity index (χ2v) is 7.34. The average Bonchev–Trinajstić information content (AvgIpc) is 3.38. The number of carbonyl (C=O) groups is 2. The second-order valence-electron chi connectivity index (χ2n) is 6.94. The smallest absolute Gasteiger partial charge is 0.307 e. The Kier molecular flexibility index (Phi) is 7.09. The van der Waals surface area contributed by atoms with Crippen LogP contribution in [0.4, 0.5) is 0 Å². The fraction of sp³-hybridized carbons (Fsp3) is 0.476. The Morgan fingerprint density at radius 3 is 2.79 bits per heavy atom. The topological polar surface area (TPSA) is 72.6 Å². The zero-order valence-electron chi connectivity index (χ0n) is 16.0. The maximum Gasteiger partial charge on any atom is 0.307 e. The van der Waals surface area contributed by atoms with Crippen LogP contribution in [-0.2, 0) is 20.7 Å². The van der Waals surface area contributed by atoms with Crippen LogP contribution in [-0.4, -0.2) is 41.5 Å². The molecule has 3 rings (SSSR count). The molecule has 6 nitrogen and oxygen atoms in total. The van der Waals surface area contributed by atoms with Gasteiger partial charge in [-0.3, -0.25) is 9.59 Å². The number of amides is 1. The minimum Gasteiger partial charge on any atom is -0.466 e. The van der Waals surface area contributed by atoms with Crippen LogP contribution in [0, 0.1) is 5.92 Å². The highest BCUT2D eigenvalue weighted by molar-refractivity contribution is 6.33. The molecule has 0 aliphatic heterocycles. The third-order valence-electron chi connectivity index (χ3n) is 4.66. The summed E-state index contributed by atoms with van der Waals surface area (Å²) in [4.78, 5) is 30.3. The Balaban J connectivity index is 1.55. The van der Waals surface area contributed by atoms with Crippen LogP contribution in [0.3, 0.4) is 0 Å². The van der Waals surface area contributed by atoms with Gasteiger partial charge in [-0.15, -0.1) is 0 Å². The van der Waals surface area contributed by atoms with Crippen molar-refractivity contribution in [2.75, 3.05) is 19.7 Å². The van der Waals surface area contributed by atoms with Crippen LogP contribution in [0.1, 0.15) is 38.5 Å². The van der Waals surface area contributed by atoms with Gasteiger partial charge in [-0.05, 0) is 37.8 Å². The maximum atomic E-state index is 12.7. The Labute approximate surface area is 169 Å². The maximum absolute atomic E-state index is 12.7. The van der Waals surface area contributed by atoms with E-state index in [-0.39, 0.29) is 24.7 Å². The molecule has 150 valence electrons. The molecule has 1 aromatic carbocycles. The Morgan fingerprint density at radius 1 is 1.29 bits per heavy atom. The van der Waals surface area contributed by atoms with Crippen LogP contribution in [0.15, 0.2) is 34.9 Å². The lowest BCUT2D eigenvalue weighted by Crippen LogP contribution is -2.35. The minimum atomic E-state index is -0.270. The molecule has 1 amide bonds. The molecule has 1 heterocycles. The molecule has 0 spiro atoms. The molecule has 7 heteroatoms. The zero-order chi connectivity index (χ0) is 19.9. The second kappa shape index (κ2) is 9.73. The zero-order valence-corrected chi connectivity index (χ0v) is 16.8. The number of benzene rings is 1. The first-order valence-corrected chi connectivity index (χ1v) is 10.1. The van der Waals surface area contributed by atoms with Crippen molar-refractivity contribution in [3.63, 3.8) is 0 Å². The van der Waals surface area contributed by atoms with E-state index in [1.54, 1.807) is 24.1 Å². The van der Waals surface area contributed by atoms with E-state index < -0.39 is 0 Å². The van der Waals surface area contributed by atoms with E-state index in [4.69, 9.17) is 20.8 Å². The van der Waals surface area contributed by atoms with Gasteiger partial charge in [0.1, 0.15) is 0 Å². The van der Waals surface area contributed by atoms with Crippen molar-refractivity contribution >= 4 is 23.5 Å². The number of hydrogen-bond donors (Lipinski definition) is 0. The number of halogens is 1. The lowest BCUT2D eigenvalue weighted by Gasteiger charge is -2.22. The SMILES string of the molecule is CCOC(=O)CCN(CC1CC1)C(=O)CCc1ncc(-c2ccccc2Cl)o1. The molecule has 1 saturated carbocycles. The highest BCUT2D eigenvalue weighted by atomic mass is 35.5. The molecule has 0 radical (unpaired) electrons. The number of ether oxygens (including phenoxy) is 1. The van der Waals surface area contributed by atoms with Crippen molar-refractivity contribution in [1.82, 2.24) is 9.88 Å². The molecule has 1 fully saturated rings. The van der Waals surface area contributed by atoms with Crippen LogP contribution < -0.4 is 0 Å². The minimum absolute atomic E-state index is 0.00805. The van der Waals surface area contributed by atoms with E-state index in [0.29, 0.717) is 48.7 Å². The van der Waals surface area contributed by atoms with Gasteiger partial charge in [-0.25, -0.2) is 4.98 Å². The van der Waals surface area contributed by atoms with Crippen molar-refractivity contribution in [2.45, 2.75) is 39.0 Å². The van der Waals surface area contributed by atoms with E-state index in [1.165, 1.54) is 0 Å². The Hall–Kier alpha value is -2.34. The average molecular weight is 405 g/mol. The summed E-state index contributed by atoms with van der Waals surface area (Å²) in [5, 5.41) is 0.593. The monoisotopic (exact) mass is 404 g/mol. The van der Waals surface area contributed by atoms with Gasteiger partial charge in [0.25, 0.3) is 0 Å². The standard InChI is InChI=1S/C21H25ClN2O4/c1-2-27-21(26)11-12-24(14-15-7-8-15)20(25)10-9-19-23-13-18(28-19)16-5-3-4-6-17(16)22/h3-6,13,15H,2,7-12,14H2,1H3. The van der Waals surface area contributed by atoms with Gasteiger partial charge in [0.15, 0.2) is 11.7 Å². The third-order valence-corrected chi connectivity index (χ3v) is 4.99. The normalized spacial score (nSPS) is 13.4. The summed E-state index contributed by atoms with van der Waals surface area (Å²) in [6, 6.07) is 7.39. The number of carbonyl (C=O) groups excluding carboxylic acids is 2. The van der Waals surface area contributed by atoms with Gasteiger partial charge in [0, 0.05) is 31.5 Å². The van der Waals surface area contributed by atoms with E-state index in [0.717, 1.165) is 18.4 Å². The molecule has 1 aliphatic carbocycles. The van der Waals surface area contributed by atoms with Crippen LogP contribution >= 0.6 is 11.6 Å². The van der Waals surface area contributed by atoms with E-state index in [1.807, 2.05) is 18.2 Å².